The Kier molecular flexibility index (Phi) is 14.0. The zero-order valence-corrected chi connectivity index (χ0v) is 40.0. The Morgan fingerprint density at radius 2 is 0.986 bits per heavy atom. The van der Waals surface area contributed by atoms with Gasteiger partial charge in [-0.25, -0.2) is 0 Å². The fourth-order valence-corrected chi connectivity index (χ4v) is 9.87. The van der Waals surface area contributed by atoms with Gasteiger partial charge in [0.15, 0.2) is 0 Å². The minimum Gasteiger partial charge on any atom is -0.379 e. The Morgan fingerprint density at radius 3 is 1.54 bits per heavy atom. The molecule has 21 heteroatoms. The van der Waals surface area contributed by atoms with E-state index in [1.807, 2.05) is 31.2 Å². The molecule has 0 spiro atoms. The summed E-state index contributed by atoms with van der Waals surface area (Å²) >= 11 is 0. The Bertz CT molecular complexity index is 3800. The molecule has 0 bridgehead atoms. The van der Waals surface area contributed by atoms with Gasteiger partial charge in [-0.2, -0.15) is 25.3 Å². The van der Waals surface area contributed by atoms with Gasteiger partial charge in [-0.3, -0.25) is 32.8 Å². The lowest BCUT2D eigenvalue weighted by Gasteiger charge is -2.17. The largest absolute Gasteiger partial charge is 0.379 e. The number of hydrogen-bond donors (Lipinski definition) is 8. The van der Waals surface area contributed by atoms with Crippen LogP contribution in [-0.2, 0) is 41.6 Å². The molecule has 4 amide bonds. The van der Waals surface area contributed by atoms with Gasteiger partial charge in [0, 0.05) is 61.6 Å². The molecule has 1 unspecified atom stereocenters. The Balaban J connectivity index is 0.810. The van der Waals surface area contributed by atoms with Crippen molar-refractivity contribution in [3.63, 3.8) is 0 Å². The van der Waals surface area contributed by atoms with Crippen LogP contribution in [0, 0.1) is 0 Å². The third-order valence-electron chi connectivity index (χ3n) is 11.4. The van der Waals surface area contributed by atoms with Crippen molar-refractivity contribution in [2.45, 2.75) is 34.1 Å². The monoisotopic (exact) mass is 1030 g/mol. The smallest absolute Gasteiger partial charge is 0.295 e. The standard InChI is InChI=1S/C51H41N5O13S3/c1-30(52-37-19-13-35(14-20-37)51(60)56-44-8-4-5-36-28-40(70(61,62)63)29-46(48(36)44)72(67,68)69)32-11-9-31(10-12-32)27-47(57)53-38-21-15-33(16-22-38)49(58)54-39-23-17-34(18-24-39)50(59)55-43-25-26-45(71(64,65)66)42-7-3-2-6-41(42)43/h2-26,28-30,52H,27H2,1H3,(H,53,57)(H,54,58)(H,55,59)(H,56,60)(H,61,62,63)(H,64,65,66)(H,67,68,69). The molecular formula is C51H41N5O13S3. The summed E-state index contributed by atoms with van der Waals surface area (Å²) in [6.45, 7) is 1.93. The lowest BCUT2D eigenvalue weighted by Crippen LogP contribution is -2.15. The minimum atomic E-state index is -5.00. The van der Waals surface area contributed by atoms with Crippen molar-refractivity contribution >= 4 is 104 Å². The highest BCUT2D eigenvalue weighted by atomic mass is 32.2. The van der Waals surface area contributed by atoms with E-state index in [-0.39, 0.29) is 56.2 Å². The van der Waals surface area contributed by atoms with E-state index >= 15 is 0 Å². The molecular weight excluding hydrogens is 987 g/mol. The molecule has 0 saturated carbocycles. The van der Waals surface area contributed by atoms with Crippen LogP contribution in [0.1, 0.15) is 55.2 Å². The molecule has 0 aliphatic heterocycles. The van der Waals surface area contributed by atoms with Crippen molar-refractivity contribution in [1.82, 2.24) is 0 Å². The van der Waals surface area contributed by atoms with E-state index in [0.29, 0.717) is 39.8 Å². The van der Waals surface area contributed by atoms with E-state index in [9.17, 15) is 58.1 Å². The average Bonchev–Trinajstić information content (AvgIpc) is 3.33. The topological polar surface area (TPSA) is 292 Å². The van der Waals surface area contributed by atoms with Crippen molar-refractivity contribution in [3.8, 4) is 0 Å². The predicted octanol–water partition coefficient (Wildman–Crippen LogP) is 8.84. The zero-order chi connectivity index (χ0) is 51.5. The number of carbonyl (C=O) groups excluding carboxylic acids is 4. The predicted molar refractivity (Wildman–Crippen MR) is 271 cm³/mol. The van der Waals surface area contributed by atoms with E-state index in [1.54, 1.807) is 66.7 Å². The van der Waals surface area contributed by atoms with Crippen molar-refractivity contribution in [3.05, 3.63) is 192 Å². The second-order valence-electron chi connectivity index (χ2n) is 16.3. The van der Waals surface area contributed by atoms with E-state index in [2.05, 4.69) is 26.6 Å². The second-order valence-corrected chi connectivity index (χ2v) is 20.5. The number of anilines is 5. The van der Waals surface area contributed by atoms with Crippen molar-refractivity contribution in [2.24, 2.45) is 0 Å². The number of fused-ring (bicyclic) bond motifs is 2. The number of benzene rings is 8. The van der Waals surface area contributed by atoms with Crippen molar-refractivity contribution in [1.29, 1.82) is 0 Å². The van der Waals surface area contributed by atoms with Crippen LogP contribution in [0.2, 0.25) is 0 Å². The van der Waals surface area contributed by atoms with Crippen LogP contribution in [0.25, 0.3) is 21.5 Å². The molecule has 18 nitrogen and oxygen atoms in total. The first-order chi connectivity index (χ1) is 34.1. The molecule has 0 aliphatic rings. The highest BCUT2D eigenvalue weighted by Crippen LogP contribution is 2.34. The third kappa shape index (κ3) is 11.6. The summed E-state index contributed by atoms with van der Waals surface area (Å²) in [6.07, 6.45) is 0.0697. The number of rotatable bonds is 15. The molecule has 0 fully saturated rings. The fraction of sp³-hybridized carbons (Fsp3) is 0.0588. The molecule has 0 aliphatic carbocycles. The first-order valence-electron chi connectivity index (χ1n) is 21.5. The highest BCUT2D eigenvalue weighted by molar-refractivity contribution is 7.87. The quantitative estimate of drug-likeness (QED) is 0.0445. The SMILES string of the molecule is CC(Nc1ccc(C(=O)Nc2cccc3cc(S(=O)(=O)O)cc(S(=O)(=O)O)c23)cc1)c1ccc(CC(=O)Nc2ccc(C(=O)Nc3ccc(C(=O)Nc4ccc(S(=O)(=O)O)c5ccccc45)cc3)cc2)cc1. The van der Waals surface area contributed by atoms with Gasteiger partial charge >= 0.3 is 0 Å². The van der Waals surface area contributed by atoms with Crippen LogP contribution in [0.5, 0.6) is 0 Å². The van der Waals surface area contributed by atoms with Gasteiger partial charge in [-0.1, -0.05) is 60.7 Å². The van der Waals surface area contributed by atoms with E-state index in [1.165, 1.54) is 60.7 Å². The van der Waals surface area contributed by atoms with Gasteiger partial charge < -0.3 is 26.6 Å². The maximum atomic E-state index is 13.3. The van der Waals surface area contributed by atoms with Gasteiger partial charge in [0.2, 0.25) is 5.91 Å². The lowest BCUT2D eigenvalue weighted by atomic mass is 10.0. The van der Waals surface area contributed by atoms with Gasteiger partial charge in [0.1, 0.15) is 9.79 Å². The summed E-state index contributed by atoms with van der Waals surface area (Å²) in [6, 6.07) is 40.9. The summed E-state index contributed by atoms with van der Waals surface area (Å²) in [5, 5.41) is 14.8. The second kappa shape index (κ2) is 20.2. The van der Waals surface area contributed by atoms with Crippen LogP contribution in [-0.4, -0.2) is 62.5 Å². The zero-order valence-electron chi connectivity index (χ0n) is 37.5. The molecule has 0 heterocycles. The Labute approximate surface area is 412 Å². The van der Waals surface area contributed by atoms with E-state index in [0.717, 1.165) is 17.2 Å². The first kappa shape index (κ1) is 50.1. The maximum absolute atomic E-state index is 13.3. The van der Waals surface area contributed by atoms with Crippen molar-refractivity contribution in [2.75, 3.05) is 26.6 Å². The normalized spacial score (nSPS) is 12.2. The lowest BCUT2D eigenvalue weighted by molar-refractivity contribution is -0.115. The van der Waals surface area contributed by atoms with Crippen LogP contribution in [0.4, 0.5) is 28.4 Å². The van der Waals surface area contributed by atoms with Crippen LogP contribution >= 0.6 is 0 Å². The fourth-order valence-electron chi connectivity index (χ4n) is 7.79. The van der Waals surface area contributed by atoms with E-state index < -0.39 is 57.9 Å². The van der Waals surface area contributed by atoms with Crippen molar-refractivity contribution < 1.29 is 58.1 Å². The number of amides is 4. The Hall–Kier alpha value is -8.31. The molecule has 8 rings (SSSR count). The molecule has 0 aromatic heterocycles. The molecule has 366 valence electrons. The minimum absolute atomic E-state index is 0.0218. The first-order valence-corrected chi connectivity index (χ1v) is 25.8. The molecule has 0 saturated heterocycles. The molecule has 8 aromatic rings. The maximum Gasteiger partial charge on any atom is 0.295 e. The molecule has 72 heavy (non-hydrogen) atoms. The van der Waals surface area contributed by atoms with Gasteiger partial charge in [-0.15, -0.1) is 0 Å². The van der Waals surface area contributed by atoms with Gasteiger partial charge in [0.05, 0.1) is 17.0 Å². The summed E-state index contributed by atoms with van der Waals surface area (Å²) in [5.41, 5.74) is 4.29. The number of hydrogen-bond acceptors (Lipinski definition) is 11. The summed E-state index contributed by atoms with van der Waals surface area (Å²) in [7, 11) is -14.3. The average molecular weight is 1030 g/mol. The van der Waals surface area contributed by atoms with Crippen LogP contribution in [0.15, 0.2) is 178 Å². The number of nitrogens with one attached hydrogen (secondary N) is 5. The number of carbonyl (C=O) groups is 4. The summed E-state index contributed by atoms with van der Waals surface area (Å²) in [4.78, 5) is 50.5. The van der Waals surface area contributed by atoms with E-state index in [4.69, 9.17) is 0 Å². The summed E-state index contributed by atoms with van der Waals surface area (Å²) < 4.78 is 101. The molecule has 8 N–H and O–H groups in total. The third-order valence-corrected chi connectivity index (χ3v) is 14.0. The molecule has 0 radical (unpaired) electrons. The highest BCUT2D eigenvalue weighted by Gasteiger charge is 2.24. The van der Waals surface area contributed by atoms with Crippen LogP contribution < -0.4 is 26.6 Å². The molecule has 1 atom stereocenters. The van der Waals surface area contributed by atoms with Crippen LogP contribution in [0.3, 0.4) is 0 Å². The van der Waals surface area contributed by atoms with Gasteiger partial charge in [-0.05, 0) is 127 Å². The summed E-state index contributed by atoms with van der Waals surface area (Å²) in [5.74, 6) is -1.82. The Morgan fingerprint density at radius 1 is 0.472 bits per heavy atom. The van der Waals surface area contributed by atoms with Gasteiger partial charge in [0.25, 0.3) is 48.1 Å². The molecule has 8 aromatic carbocycles.